The number of amides is 2. The molecular weight excluding hydrogens is 372 g/mol. The second-order valence-electron chi connectivity index (χ2n) is 4.98. The van der Waals surface area contributed by atoms with Crippen LogP contribution in [0, 0.1) is 0 Å². The second-order valence-corrected chi connectivity index (χ2v) is 5.90. The number of nitrogens with one attached hydrogen (secondary N) is 2. The van der Waals surface area contributed by atoms with E-state index in [0.717, 1.165) is 10.2 Å². The number of hydrogen-bond donors (Lipinski definition) is 2. The van der Waals surface area contributed by atoms with Gasteiger partial charge in [0.05, 0.1) is 6.61 Å². The Hall–Kier alpha value is -2.34. The van der Waals surface area contributed by atoms with Gasteiger partial charge in [-0.05, 0) is 49.4 Å². The molecule has 2 aromatic carbocycles. The van der Waals surface area contributed by atoms with Crippen LogP contribution in [0.25, 0.3) is 0 Å². The van der Waals surface area contributed by atoms with E-state index in [1.54, 1.807) is 42.5 Å². The van der Waals surface area contributed by atoms with E-state index in [0.29, 0.717) is 30.8 Å². The first-order chi connectivity index (χ1) is 11.6. The van der Waals surface area contributed by atoms with Crippen LogP contribution in [0.1, 0.15) is 27.6 Å². The van der Waals surface area contributed by atoms with Crippen molar-refractivity contribution in [1.82, 2.24) is 10.6 Å². The van der Waals surface area contributed by atoms with Crippen molar-refractivity contribution in [2.45, 2.75) is 6.92 Å². The number of benzene rings is 2. The number of ether oxygens (including phenoxy) is 1. The van der Waals surface area contributed by atoms with Gasteiger partial charge in [0.25, 0.3) is 11.8 Å². The fourth-order valence-corrected chi connectivity index (χ4v) is 2.45. The molecule has 0 aliphatic rings. The molecule has 0 saturated carbocycles. The van der Waals surface area contributed by atoms with Crippen LogP contribution in [0.2, 0.25) is 0 Å². The number of carbonyl (C=O) groups is 2. The highest BCUT2D eigenvalue weighted by Crippen LogP contribution is 2.12. The van der Waals surface area contributed by atoms with Crippen molar-refractivity contribution in [2.24, 2.45) is 0 Å². The Morgan fingerprint density at radius 2 is 1.58 bits per heavy atom. The summed E-state index contributed by atoms with van der Waals surface area (Å²) >= 11 is 3.33. The summed E-state index contributed by atoms with van der Waals surface area (Å²) < 4.78 is 6.18. The SMILES string of the molecule is CCOc1ccc(C(=O)NCCNC(=O)c2cccc(Br)c2)cc1. The summed E-state index contributed by atoms with van der Waals surface area (Å²) in [7, 11) is 0. The van der Waals surface area contributed by atoms with E-state index in [-0.39, 0.29) is 11.8 Å². The lowest BCUT2D eigenvalue weighted by molar-refractivity contribution is 0.0927. The van der Waals surface area contributed by atoms with Crippen molar-refractivity contribution in [3.8, 4) is 5.75 Å². The van der Waals surface area contributed by atoms with Gasteiger partial charge in [0.2, 0.25) is 0 Å². The van der Waals surface area contributed by atoms with Crippen molar-refractivity contribution in [3.63, 3.8) is 0 Å². The molecule has 2 aromatic rings. The summed E-state index contributed by atoms with van der Waals surface area (Å²) in [6.45, 7) is 3.20. The number of rotatable bonds is 7. The molecule has 5 nitrogen and oxygen atoms in total. The zero-order valence-corrected chi connectivity index (χ0v) is 14.9. The van der Waals surface area contributed by atoms with Gasteiger partial charge in [0.1, 0.15) is 5.75 Å². The predicted molar refractivity (Wildman–Crippen MR) is 96.4 cm³/mol. The minimum absolute atomic E-state index is 0.174. The third-order valence-corrected chi connectivity index (χ3v) is 3.70. The summed E-state index contributed by atoms with van der Waals surface area (Å²) in [6, 6.07) is 14.1. The molecule has 2 N–H and O–H groups in total. The maximum Gasteiger partial charge on any atom is 0.251 e. The van der Waals surface area contributed by atoms with Gasteiger partial charge in [-0.25, -0.2) is 0 Å². The van der Waals surface area contributed by atoms with Gasteiger partial charge in [-0.2, -0.15) is 0 Å². The standard InChI is InChI=1S/C18H19BrN2O3/c1-2-24-16-8-6-13(7-9-16)17(22)20-10-11-21-18(23)14-4-3-5-15(19)12-14/h3-9,12H,2,10-11H2,1H3,(H,20,22)(H,21,23). The molecule has 0 aromatic heterocycles. The molecule has 0 saturated heterocycles. The molecule has 0 aliphatic heterocycles. The van der Waals surface area contributed by atoms with E-state index in [2.05, 4.69) is 26.6 Å². The Bertz CT molecular complexity index is 702. The predicted octanol–water partition coefficient (Wildman–Crippen LogP) is 3.01. The molecule has 0 bridgehead atoms. The Morgan fingerprint density at radius 1 is 0.958 bits per heavy atom. The van der Waals surface area contributed by atoms with Crippen molar-refractivity contribution < 1.29 is 14.3 Å². The topological polar surface area (TPSA) is 67.4 Å². The van der Waals surface area contributed by atoms with Gasteiger partial charge in [0.15, 0.2) is 0 Å². The summed E-state index contributed by atoms with van der Waals surface area (Å²) in [5, 5.41) is 5.53. The van der Waals surface area contributed by atoms with Crippen LogP contribution in [-0.2, 0) is 0 Å². The van der Waals surface area contributed by atoms with E-state index < -0.39 is 0 Å². The molecule has 0 spiro atoms. The van der Waals surface area contributed by atoms with Gasteiger partial charge in [-0.15, -0.1) is 0 Å². The van der Waals surface area contributed by atoms with Gasteiger partial charge < -0.3 is 15.4 Å². The lowest BCUT2D eigenvalue weighted by Gasteiger charge is -2.08. The Kier molecular flexibility index (Phi) is 6.81. The molecule has 0 fully saturated rings. The minimum atomic E-state index is -0.185. The van der Waals surface area contributed by atoms with Crippen molar-refractivity contribution >= 4 is 27.7 Å². The van der Waals surface area contributed by atoms with E-state index in [9.17, 15) is 9.59 Å². The van der Waals surface area contributed by atoms with Gasteiger partial charge in [-0.1, -0.05) is 22.0 Å². The largest absolute Gasteiger partial charge is 0.494 e. The highest BCUT2D eigenvalue weighted by atomic mass is 79.9. The minimum Gasteiger partial charge on any atom is -0.494 e. The van der Waals surface area contributed by atoms with Crippen molar-refractivity contribution in [3.05, 3.63) is 64.1 Å². The van der Waals surface area contributed by atoms with E-state index in [1.807, 2.05) is 13.0 Å². The summed E-state index contributed by atoms with van der Waals surface area (Å²) in [6.07, 6.45) is 0. The molecule has 126 valence electrons. The maximum atomic E-state index is 12.0. The molecule has 0 heterocycles. The zero-order valence-electron chi connectivity index (χ0n) is 13.3. The molecular formula is C18H19BrN2O3. The number of carbonyl (C=O) groups excluding carboxylic acids is 2. The summed E-state index contributed by atoms with van der Waals surface area (Å²) in [5.74, 6) is 0.372. The zero-order chi connectivity index (χ0) is 17.4. The Morgan fingerprint density at radius 3 is 2.17 bits per heavy atom. The molecule has 24 heavy (non-hydrogen) atoms. The Balaban J connectivity index is 1.75. The lowest BCUT2D eigenvalue weighted by atomic mass is 10.2. The monoisotopic (exact) mass is 390 g/mol. The molecule has 2 rings (SSSR count). The average Bonchev–Trinajstić information content (AvgIpc) is 2.59. The van der Waals surface area contributed by atoms with E-state index >= 15 is 0 Å². The smallest absolute Gasteiger partial charge is 0.251 e. The van der Waals surface area contributed by atoms with Crippen LogP contribution >= 0.6 is 15.9 Å². The van der Waals surface area contributed by atoms with Gasteiger partial charge >= 0.3 is 0 Å². The third-order valence-electron chi connectivity index (χ3n) is 3.21. The number of hydrogen-bond acceptors (Lipinski definition) is 3. The first-order valence-electron chi connectivity index (χ1n) is 7.65. The quantitative estimate of drug-likeness (QED) is 0.714. The highest BCUT2D eigenvalue weighted by molar-refractivity contribution is 9.10. The van der Waals surface area contributed by atoms with Crippen LogP contribution in [0.3, 0.4) is 0 Å². The lowest BCUT2D eigenvalue weighted by Crippen LogP contribution is -2.34. The first-order valence-corrected chi connectivity index (χ1v) is 8.44. The van der Waals surface area contributed by atoms with Crippen LogP contribution < -0.4 is 15.4 Å². The van der Waals surface area contributed by atoms with Crippen LogP contribution in [0.5, 0.6) is 5.75 Å². The van der Waals surface area contributed by atoms with Gasteiger partial charge in [-0.3, -0.25) is 9.59 Å². The van der Waals surface area contributed by atoms with Crippen molar-refractivity contribution in [1.29, 1.82) is 0 Å². The first kappa shape index (κ1) is 18.0. The molecule has 2 amide bonds. The third kappa shape index (κ3) is 5.38. The van der Waals surface area contributed by atoms with Gasteiger partial charge in [0, 0.05) is 28.7 Å². The molecule has 0 unspecified atom stereocenters. The molecule has 0 aliphatic carbocycles. The van der Waals surface area contributed by atoms with Crippen LogP contribution in [0.15, 0.2) is 53.0 Å². The van der Waals surface area contributed by atoms with Crippen molar-refractivity contribution in [2.75, 3.05) is 19.7 Å². The molecule has 0 atom stereocenters. The normalized spacial score (nSPS) is 10.1. The van der Waals surface area contributed by atoms with Crippen LogP contribution in [-0.4, -0.2) is 31.5 Å². The number of halogens is 1. The Labute approximate surface area is 149 Å². The van der Waals surface area contributed by atoms with Crippen LogP contribution in [0.4, 0.5) is 0 Å². The van der Waals surface area contributed by atoms with E-state index in [1.165, 1.54) is 0 Å². The summed E-state index contributed by atoms with van der Waals surface area (Å²) in [5.41, 5.74) is 1.12. The average molecular weight is 391 g/mol. The van der Waals surface area contributed by atoms with E-state index in [4.69, 9.17) is 4.74 Å². The summed E-state index contributed by atoms with van der Waals surface area (Å²) in [4.78, 5) is 24.0. The second kappa shape index (κ2) is 9.08. The highest BCUT2D eigenvalue weighted by Gasteiger charge is 2.07. The molecule has 0 radical (unpaired) electrons. The fraction of sp³-hybridized carbons (Fsp3) is 0.222. The maximum absolute atomic E-state index is 12.0. The fourth-order valence-electron chi connectivity index (χ4n) is 2.06. The molecule has 6 heteroatoms.